The first-order valence-corrected chi connectivity index (χ1v) is 8.07. The third-order valence-electron chi connectivity index (χ3n) is 4.05. The second-order valence-corrected chi connectivity index (χ2v) is 5.77. The second-order valence-electron chi connectivity index (χ2n) is 5.77. The van der Waals surface area contributed by atoms with E-state index >= 15 is 0 Å². The van der Waals surface area contributed by atoms with Crippen LogP contribution in [0, 0.1) is 10.1 Å². The molecule has 27 heavy (non-hydrogen) atoms. The lowest BCUT2D eigenvalue weighted by Gasteiger charge is -1.99. The fourth-order valence-corrected chi connectivity index (χ4v) is 2.65. The van der Waals surface area contributed by atoms with E-state index in [4.69, 9.17) is 13.9 Å². The van der Waals surface area contributed by atoms with Crippen molar-refractivity contribution in [3.63, 3.8) is 0 Å². The number of rotatable bonds is 5. The molecule has 2 heterocycles. The number of furan rings is 1. The van der Waals surface area contributed by atoms with E-state index < -0.39 is 4.92 Å². The van der Waals surface area contributed by atoms with Gasteiger partial charge in [0.2, 0.25) is 6.79 Å². The number of allylic oxidation sites excluding steroid dienone is 1. The Kier molecular flexibility index (Phi) is 4.18. The summed E-state index contributed by atoms with van der Waals surface area (Å²) in [6.45, 7) is 0.153. The van der Waals surface area contributed by atoms with Crippen molar-refractivity contribution in [1.29, 1.82) is 0 Å². The van der Waals surface area contributed by atoms with Crippen molar-refractivity contribution in [2.45, 2.75) is 0 Å². The molecule has 0 fully saturated rings. The molecule has 7 heteroatoms. The van der Waals surface area contributed by atoms with Crippen LogP contribution in [-0.2, 0) is 0 Å². The van der Waals surface area contributed by atoms with Crippen LogP contribution in [0.1, 0.15) is 16.1 Å². The van der Waals surface area contributed by atoms with Gasteiger partial charge < -0.3 is 13.9 Å². The number of benzene rings is 2. The third kappa shape index (κ3) is 3.43. The summed E-state index contributed by atoms with van der Waals surface area (Å²) in [5.74, 6) is 2.03. The molecule has 0 N–H and O–H groups in total. The van der Waals surface area contributed by atoms with Crippen LogP contribution >= 0.6 is 0 Å². The first-order chi connectivity index (χ1) is 13.1. The molecule has 0 bridgehead atoms. The molecule has 0 aliphatic carbocycles. The van der Waals surface area contributed by atoms with Crippen molar-refractivity contribution in [2.75, 3.05) is 6.79 Å². The van der Waals surface area contributed by atoms with Gasteiger partial charge in [-0.25, -0.2) is 0 Å². The number of carbonyl (C=O) groups is 1. The van der Waals surface area contributed by atoms with Crippen molar-refractivity contribution >= 4 is 17.5 Å². The summed E-state index contributed by atoms with van der Waals surface area (Å²) in [6.07, 6.45) is 2.98. The zero-order valence-electron chi connectivity index (χ0n) is 14.0. The van der Waals surface area contributed by atoms with Crippen LogP contribution in [0.15, 0.2) is 65.1 Å². The molecule has 0 amide bonds. The number of nitro benzene ring substituents is 1. The molecular formula is C20H13NO6. The number of ketones is 1. The quantitative estimate of drug-likeness (QED) is 0.287. The molecule has 1 aliphatic rings. The van der Waals surface area contributed by atoms with Gasteiger partial charge in [0.25, 0.3) is 5.69 Å². The zero-order valence-corrected chi connectivity index (χ0v) is 14.0. The van der Waals surface area contributed by atoms with E-state index in [1.165, 1.54) is 18.2 Å². The average Bonchev–Trinajstić information content (AvgIpc) is 3.35. The highest BCUT2D eigenvalue weighted by atomic mass is 16.7. The van der Waals surface area contributed by atoms with Gasteiger partial charge in [0.05, 0.1) is 4.92 Å². The molecular weight excluding hydrogens is 350 g/mol. The minimum Gasteiger partial charge on any atom is -0.457 e. The minimum atomic E-state index is -0.457. The first kappa shape index (κ1) is 16.6. The Morgan fingerprint density at radius 2 is 1.78 bits per heavy atom. The summed E-state index contributed by atoms with van der Waals surface area (Å²) in [6, 6.07) is 14.5. The van der Waals surface area contributed by atoms with Crippen LogP contribution in [-0.4, -0.2) is 17.5 Å². The highest BCUT2D eigenvalue weighted by Gasteiger charge is 2.15. The van der Waals surface area contributed by atoms with Crippen molar-refractivity contribution < 1.29 is 23.6 Å². The molecule has 0 saturated carbocycles. The maximum absolute atomic E-state index is 12.3. The summed E-state index contributed by atoms with van der Waals surface area (Å²) in [5.41, 5.74) is 1.21. The van der Waals surface area contributed by atoms with Gasteiger partial charge in [0.15, 0.2) is 17.3 Å². The molecule has 2 aromatic carbocycles. The Bertz CT molecular complexity index is 1050. The van der Waals surface area contributed by atoms with Crippen molar-refractivity contribution in [3.05, 3.63) is 82.1 Å². The van der Waals surface area contributed by atoms with E-state index in [0.717, 1.165) is 0 Å². The van der Waals surface area contributed by atoms with E-state index in [2.05, 4.69) is 0 Å². The highest BCUT2D eigenvalue weighted by Crippen LogP contribution is 2.32. The molecule has 1 aliphatic heterocycles. The number of nitrogens with zero attached hydrogens (tertiary/aromatic N) is 1. The fourth-order valence-electron chi connectivity index (χ4n) is 2.65. The number of nitro groups is 1. The first-order valence-electron chi connectivity index (χ1n) is 8.07. The van der Waals surface area contributed by atoms with Gasteiger partial charge in [0, 0.05) is 23.3 Å². The van der Waals surface area contributed by atoms with Crippen molar-refractivity contribution in [3.8, 4) is 22.8 Å². The van der Waals surface area contributed by atoms with E-state index in [0.29, 0.717) is 34.1 Å². The number of carbonyl (C=O) groups excluding carboxylic acids is 1. The predicted octanol–water partition coefficient (Wildman–Crippen LogP) is 4.48. The molecule has 7 nitrogen and oxygen atoms in total. The summed E-state index contributed by atoms with van der Waals surface area (Å²) in [5, 5.41) is 10.7. The van der Waals surface area contributed by atoms with Gasteiger partial charge in [-0.2, -0.15) is 0 Å². The second kappa shape index (κ2) is 6.80. The van der Waals surface area contributed by atoms with E-state index in [1.807, 2.05) is 0 Å². The zero-order chi connectivity index (χ0) is 18.8. The summed E-state index contributed by atoms with van der Waals surface area (Å²) < 4.78 is 16.2. The number of non-ortho nitro benzene ring substituents is 1. The van der Waals surface area contributed by atoms with E-state index in [9.17, 15) is 14.9 Å². The highest BCUT2D eigenvalue weighted by molar-refractivity contribution is 6.07. The normalized spacial score (nSPS) is 12.4. The Hall–Kier alpha value is -3.87. The van der Waals surface area contributed by atoms with Crippen LogP contribution in [0.5, 0.6) is 11.5 Å². The molecule has 3 aromatic rings. The van der Waals surface area contributed by atoms with Crippen LogP contribution in [0.2, 0.25) is 0 Å². The van der Waals surface area contributed by atoms with Crippen molar-refractivity contribution in [2.24, 2.45) is 0 Å². The Balaban J connectivity index is 1.48. The predicted molar refractivity (Wildman–Crippen MR) is 96.7 cm³/mol. The molecule has 0 radical (unpaired) electrons. The molecule has 0 spiro atoms. The van der Waals surface area contributed by atoms with Crippen LogP contribution in [0.4, 0.5) is 5.69 Å². The van der Waals surface area contributed by atoms with Gasteiger partial charge >= 0.3 is 0 Å². The molecule has 134 valence electrons. The SMILES string of the molecule is O=C(/C=C/c1ccc(-c2ccc([N+](=O)[O-])cc2)o1)c1ccc2c(c1)OCO2. The lowest BCUT2D eigenvalue weighted by atomic mass is 10.1. The Labute approximate surface area is 153 Å². The monoisotopic (exact) mass is 363 g/mol. The average molecular weight is 363 g/mol. The van der Waals surface area contributed by atoms with Crippen molar-refractivity contribution in [1.82, 2.24) is 0 Å². The van der Waals surface area contributed by atoms with Gasteiger partial charge in [-0.3, -0.25) is 14.9 Å². The maximum atomic E-state index is 12.3. The summed E-state index contributed by atoms with van der Waals surface area (Å²) in [7, 11) is 0. The van der Waals surface area contributed by atoms with Crippen LogP contribution < -0.4 is 9.47 Å². The van der Waals surface area contributed by atoms with E-state index in [-0.39, 0.29) is 18.3 Å². The Morgan fingerprint density at radius 1 is 1.00 bits per heavy atom. The fraction of sp³-hybridized carbons (Fsp3) is 0.0500. The summed E-state index contributed by atoms with van der Waals surface area (Å²) >= 11 is 0. The molecule has 0 saturated heterocycles. The molecule has 0 atom stereocenters. The topological polar surface area (TPSA) is 91.8 Å². The van der Waals surface area contributed by atoms with Crippen LogP contribution in [0.3, 0.4) is 0 Å². The lowest BCUT2D eigenvalue weighted by molar-refractivity contribution is -0.384. The molecule has 1 aromatic heterocycles. The third-order valence-corrected chi connectivity index (χ3v) is 4.05. The van der Waals surface area contributed by atoms with Crippen LogP contribution in [0.25, 0.3) is 17.4 Å². The standard InChI is InChI=1S/C20H13NO6/c22-17(14-3-9-19-20(11-14)26-12-25-19)8-6-16-7-10-18(27-16)13-1-4-15(5-2-13)21(23)24/h1-11H,12H2/b8-6+. The Morgan fingerprint density at radius 3 is 2.56 bits per heavy atom. The number of hydrogen-bond donors (Lipinski definition) is 0. The largest absolute Gasteiger partial charge is 0.457 e. The van der Waals surface area contributed by atoms with Gasteiger partial charge in [-0.05, 0) is 54.6 Å². The minimum absolute atomic E-state index is 0.0137. The molecule has 0 unspecified atom stereocenters. The number of hydrogen-bond acceptors (Lipinski definition) is 6. The van der Waals surface area contributed by atoms with Gasteiger partial charge in [0.1, 0.15) is 11.5 Å². The maximum Gasteiger partial charge on any atom is 0.269 e. The van der Waals surface area contributed by atoms with Gasteiger partial charge in [-0.1, -0.05) is 0 Å². The smallest absolute Gasteiger partial charge is 0.269 e. The number of ether oxygens (including phenoxy) is 2. The van der Waals surface area contributed by atoms with E-state index in [1.54, 1.807) is 48.5 Å². The lowest BCUT2D eigenvalue weighted by Crippen LogP contribution is -1.94. The summed E-state index contributed by atoms with van der Waals surface area (Å²) in [4.78, 5) is 22.6. The molecule has 4 rings (SSSR count). The number of fused-ring (bicyclic) bond motifs is 1. The van der Waals surface area contributed by atoms with Gasteiger partial charge in [-0.15, -0.1) is 0 Å².